The molecule has 9 nitrogen and oxygen atoms in total. The number of amides is 2. The van der Waals surface area contributed by atoms with E-state index < -0.39 is 28.7 Å². The molecule has 2 amide bonds. The molecule has 172 valence electrons. The zero-order chi connectivity index (χ0) is 21.9. The van der Waals surface area contributed by atoms with Gasteiger partial charge >= 0.3 is 0 Å². The van der Waals surface area contributed by atoms with Crippen LogP contribution in [0.4, 0.5) is 0 Å². The van der Waals surface area contributed by atoms with Crippen LogP contribution >= 0.6 is 0 Å². The molecule has 2 saturated heterocycles. The number of hydrogen-bond acceptors (Lipinski definition) is 5. The molecule has 0 unspecified atom stereocenters. The monoisotopic (exact) mass is 435 g/mol. The van der Waals surface area contributed by atoms with Gasteiger partial charge < -0.3 is 10.6 Å². The molecule has 29 heavy (non-hydrogen) atoms. The summed E-state index contributed by atoms with van der Waals surface area (Å²) in [5, 5.41) is 14.4. The molecule has 0 aromatic carbocycles. The van der Waals surface area contributed by atoms with E-state index in [1.165, 1.54) is 4.31 Å². The highest BCUT2D eigenvalue weighted by Gasteiger charge is 2.27. The van der Waals surface area contributed by atoms with Gasteiger partial charge in [0.25, 0.3) is 10.2 Å². The Balaban J connectivity index is -0.00000111. The lowest BCUT2D eigenvalue weighted by Gasteiger charge is -2.26. The van der Waals surface area contributed by atoms with E-state index in [2.05, 4.69) is 36.1 Å². The van der Waals surface area contributed by atoms with Crippen LogP contribution in [-0.2, 0) is 19.8 Å². The summed E-state index contributed by atoms with van der Waals surface area (Å²) in [7, 11) is -3.68. The summed E-state index contributed by atoms with van der Waals surface area (Å²) in [4.78, 5) is 23.7. The SMILES string of the molecule is CC(C)C.N#C[C@H](C[C@@H]1CCCNC1=O)NC(=O)CNS(=O)(=O)N1CCCCC1.[HH].[HH].[HH]. The van der Waals surface area contributed by atoms with E-state index in [-0.39, 0.29) is 22.5 Å². The second kappa shape index (κ2) is 12.8. The zero-order valence-corrected chi connectivity index (χ0v) is 18.6. The fourth-order valence-electron chi connectivity index (χ4n) is 3.09. The van der Waals surface area contributed by atoms with Crippen molar-refractivity contribution in [3.8, 4) is 6.07 Å². The van der Waals surface area contributed by atoms with Crippen LogP contribution < -0.4 is 15.4 Å². The van der Waals surface area contributed by atoms with Gasteiger partial charge in [-0.25, -0.2) is 0 Å². The summed E-state index contributed by atoms with van der Waals surface area (Å²) in [6.45, 7) is 7.62. The number of hydrogen-bond donors (Lipinski definition) is 3. The molecular weight excluding hydrogens is 394 g/mol. The Kier molecular flexibility index (Phi) is 11.2. The predicted octanol–water partition coefficient (Wildman–Crippen LogP) is 1.63. The number of carbonyl (C=O) groups excluding carboxylic acids is 2. The summed E-state index contributed by atoms with van der Waals surface area (Å²) in [6.07, 6.45) is 4.39. The smallest absolute Gasteiger partial charge is 0.279 e. The zero-order valence-electron chi connectivity index (χ0n) is 17.7. The van der Waals surface area contributed by atoms with Gasteiger partial charge in [-0.1, -0.05) is 27.2 Å². The Hall–Kier alpha value is -1.70. The van der Waals surface area contributed by atoms with E-state index in [4.69, 9.17) is 0 Å². The quantitative estimate of drug-likeness (QED) is 0.559. The Morgan fingerprint density at radius 2 is 1.90 bits per heavy atom. The predicted molar refractivity (Wildman–Crippen MR) is 117 cm³/mol. The molecule has 0 saturated carbocycles. The van der Waals surface area contributed by atoms with E-state index in [1.54, 1.807) is 0 Å². The Bertz CT molecular complexity index is 680. The first-order chi connectivity index (χ1) is 13.7. The highest BCUT2D eigenvalue weighted by molar-refractivity contribution is 7.87. The molecule has 3 N–H and O–H groups in total. The van der Waals surface area contributed by atoms with Crippen LogP contribution in [-0.4, -0.2) is 56.8 Å². The molecule has 0 radical (unpaired) electrons. The van der Waals surface area contributed by atoms with E-state index in [0.29, 0.717) is 26.1 Å². The molecule has 2 aliphatic rings. The van der Waals surface area contributed by atoms with Gasteiger partial charge in [0.05, 0.1) is 12.6 Å². The third-order valence-electron chi connectivity index (χ3n) is 4.48. The van der Waals surface area contributed by atoms with E-state index >= 15 is 0 Å². The van der Waals surface area contributed by atoms with Crippen molar-refractivity contribution < 1.29 is 22.3 Å². The van der Waals surface area contributed by atoms with Crippen molar-refractivity contribution in [2.24, 2.45) is 11.8 Å². The van der Waals surface area contributed by atoms with Crippen molar-refractivity contribution in [3.63, 3.8) is 0 Å². The maximum Gasteiger partial charge on any atom is 0.279 e. The summed E-state index contributed by atoms with van der Waals surface area (Å²) >= 11 is 0. The molecule has 0 aliphatic carbocycles. The molecule has 0 spiro atoms. The molecule has 2 rings (SSSR count). The molecule has 10 heteroatoms. The van der Waals surface area contributed by atoms with E-state index in [1.807, 2.05) is 6.07 Å². The van der Waals surface area contributed by atoms with E-state index in [9.17, 15) is 23.3 Å². The maximum absolute atomic E-state index is 12.1. The molecule has 2 aliphatic heterocycles. The number of rotatable bonds is 7. The number of piperidine rings is 2. The van der Waals surface area contributed by atoms with Crippen molar-refractivity contribution in [2.75, 3.05) is 26.2 Å². The summed E-state index contributed by atoms with van der Waals surface area (Å²) < 4.78 is 27.8. The number of nitrogens with zero attached hydrogens (tertiary/aromatic N) is 2. The van der Waals surface area contributed by atoms with Gasteiger partial charge in [-0.3, -0.25) is 9.59 Å². The lowest BCUT2D eigenvalue weighted by molar-refractivity contribution is -0.127. The largest absolute Gasteiger partial charge is 0.356 e. The van der Waals surface area contributed by atoms with Crippen LogP contribution in [0.25, 0.3) is 0 Å². The Morgan fingerprint density at radius 1 is 1.28 bits per heavy atom. The van der Waals surface area contributed by atoms with Crippen LogP contribution in [0.15, 0.2) is 0 Å². The van der Waals surface area contributed by atoms with Gasteiger partial charge in [-0.15, -0.1) is 0 Å². The van der Waals surface area contributed by atoms with Crippen LogP contribution in [0.5, 0.6) is 0 Å². The molecule has 2 fully saturated rings. The lowest BCUT2D eigenvalue weighted by atomic mass is 9.92. The van der Waals surface area contributed by atoms with Gasteiger partial charge in [-0.2, -0.15) is 22.7 Å². The van der Waals surface area contributed by atoms with Crippen molar-refractivity contribution in [2.45, 2.75) is 65.3 Å². The Morgan fingerprint density at radius 3 is 2.45 bits per heavy atom. The summed E-state index contributed by atoms with van der Waals surface area (Å²) in [5.74, 6) is -0.154. The average Bonchev–Trinajstić information content (AvgIpc) is 2.68. The van der Waals surface area contributed by atoms with Crippen molar-refractivity contribution in [3.05, 3.63) is 0 Å². The molecule has 2 heterocycles. The first kappa shape index (κ1) is 25.3. The molecular formula is C19H41N5O4S. The number of nitriles is 1. The Labute approximate surface area is 179 Å². The highest BCUT2D eigenvalue weighted by atomic mass is 32.2. The van der Waals surface area contributed by atoms with Crippen LogP contribution in [0.3, 0.4) is 0 Å². The van der Waals surface area contributed by atoms with E-state index in [0.717, 1.165) is 31.6 Å². The highest BCUT2D eigenvalue weighted by Crippen LogP contribution is 2.17. The first-order valence-electron chi connectivity index (χ1n) is 10.4. The third-order valence-corrected chi connectivity index (χ3v) is 6.03. The third kappa shape index (κ3) is 10.1. The van der Waals surface area contributed by atoms with Crippen LogP contribution in [0, 0.1) is 23.2 Å². The number of nitrogens with one attached hydrogen (secondary N) is 3. The minimum Gasteiger partial charge on any atom is -0.356 e. The standard InChI is InChI=1S/C15H25N5O4S.C4H10.3H2/c16-10-13(9-12-5-4-6-17-15(12)22)19-14(21)11-18-25(23,24)20-7-2-1-3-8-20;1-4(2)3;;;/h12-13,18H,1-9,11H2,(H,17,22)(H,19,21);4H,1-3H3;3*1H/t12-,13-;;;;/m0..../s1. The maximum atomic E-state index is 12.1. The van der Waals surface area contributed by atoms with Gasteiger partial charge in [0, 0.05) is 29.8 Å². The summed E-state index contributed by atoms with van der Waals surface area (Å²) in [5.41, 5.74) is 0. The van der Waals surface area contributed by atoms with Gasteiger partial charge in [-0.05, 0) is 38.0 Å². The second-order valence-electron chi connectivity index (χ2n) is 8.13. The fourth-order valence-corrected chi connectivity index (χ4v) is 4.32. The summed E-state index contributed by atoms with van der Waals surface area (Å²) in [6, 6.07) is 1.14. The minimum absolute atomic E-state index is 0. The molecule has 2 atom stereocenters. The fraction of sp³-hybridized carbons (Fsp3) is 0.842. The molecule has 0 bridgehead atoms. The normalized spacial score (nSPS) is 21.3. The molecule has 0 aromatic rings. The van der Waals surface area contributed by atoms with Crippen LogP contribution in [0.1, 0.15) is 63.6 Å². The topological polar surface area (TPSA) is 131 Å². The average molecular weight is 436 g/mol. The lowest BCUT2D eigenvalue weighted by Crippen LogP contribution is -2.48. The minimum atomic E-state index is -3.68. The first-order valence-corrected chi connectivity index (χ1v) is 11.8. The van der Waals surface area contributed by atoms with Crippen molar-refractivity contribution >= 4 is 22.0 Å². The molecule has 0 aromatic heterocycles. The number of carbonyl (C=O) groups is 2. The van der Waals surface area contributed by atoms with Crippen LogP contribution in [0.2, 0.25) is 0 Å². The van der Waals surface area contributed by atoms with Gasteiger partial charge in [0.1, 0.15) is 6.04 Å². The van der Waals surface area contributed by atoms with Gasteiger partial charge in [0.15, 0.2) is 0 Å². The second-order valence-corrected chi connectivity index (χ2v) is 9.89. The van der Waals surface area contributed by atoms with Crippen molar-refractivity contribution in [1.29, 1.82) is 5.26 Å². The van der Waals surface area contributed by atoms with Gasteiger partial charge in [0.2, 0.25) is 11.8 Å². The van der Waals surface area contributed by atoms with Crippen molar-refractivity contribution in [1.82, 2.24) is 19.7 Å².